The number of ether oxygens (including phenoxy) is 2. The van der Waals surface area contributed by atoms with Gasteiger partial charge in [-0.2, -0.15) is 4.68 Å². The Morgan fingerprint density at radius 2 is 1.97 bits per heavy atom. The average Bonchev–Trinajstić information content (AvgIpc) is 3.28. The Bertz CT molecular complexity index is 1020. The number of benzene rings is 2. The SMILES string of the molecule is CCOc1ccc(NC(=O)CNC(=O)c2cc(Cl)c(-n3cnnn3)cc2OC)cc1. The van der Waals surface area contributed by atoms with E-state index in [2.05, 4.69) is 26.2 Å². The van der Waals surface area contributed by atoms with Crippen LogP contribution in [0.4, 0.5) is 5.69 Å². The number of aromatic nitrogens is 4. The monoisotopic (exact) mass is 430 g/mol. The van der Waals surface area contributed by atoms with E-state index in [0.29, 0.717) is 23.7 Å². The van der Waals surface area contributed by atoms with Crippen molar-refractivity contribution in [2.45, 2.75) is 6.92 Å². The number of methoxy groups -OCH3 is 1. The molecule has 0 saturated carbocycles. The van der Waals surface area contributed by atoms with Gasteiger partial charge in [-0.05, 0) is 47.7 Å². The summed E-state index contributed by atoms with van der Waals surface area (Å²) in [7, 11) is 1.42. The highest BCUT2D eigenvalue weighted by Gasteiger charge is 2.18. The second-order valence-corrected chi connectivity index (χ2v) is 6.35. The molecule has 10 nitrogen and oxygen atoms in total. The molecule has 0 bridgehead atoms. The van der Waals surface area contributed by atoms with Gasteiger partial charge in [0.15, 0.2) is 0 Å². The molecule has 0 radical (unpaired) electrons. The first-order chi connectivity index (χ1) is 14.5. The maximum Gasteiger partial charge on any atom is 0.255 e. The third kappa shape index (κ3) is 5.03. The van der Waals surface area contributed by atoms with Gasteiger partial charge in [0.05, 0.1) is 36.5 Å². The number of carbonyl (C=O) groups is 2. The Morgan fingerprint density at radius 1 is 1.20 bits per heavy atom. The van der Waals surface area contributed by atoms with Gasteiger partial charge in [-0.3, -0.25) is 9.59 Å². The number of carbonyl (C=O) groups excluding carboxylic acids is 2. The van der Waals surface area contributed by atoms with Gasteiger partial charge in [0.1, 0.15) is 17.8 Å². The van der Waals surface area contributed by atoms with Crippen molar-refractivity contribution in [1.82, 2.24) is 25.5 Å². The molecule has 2 aromatic carbocycles. The molecule has 3 aromatic rings. The number of amides is 2. The highest BCUT2D eigenvalue weighted by atomic mass is 35.5. The molecule has 0 unspecified atom stereocenters. The lowest BCUT2D eigenvalue weighted by Gasteiger charge is -2.12. The van der Waals surface area contributed by atoms with Crippen LogP contribution in [0.5, 0.6) is 11.5 Å². The van der Waals surface area contributed by atoms with Gasteiger partial charge >= 0.3 is 0 Å². The zero-order chi connectivity index (χ0) is 21.5. The van der Waals surface area contributed by atoms with Crippen molar-refractivity contribution in [2.75, 3.05) is 25.6 Å². The predicted molar refractivity (Wildman–Crippen MR) is 109 cm³/mol. The minimum atomic E-state index is -0.515. The van der Waals surface area contributed by atoms with E-state index in [1.54, 1.807) is 24.3 Å². The van der Waals surface area contributed by atoms with Crippen molar-refractivity contribution in [3.8, 4) is 17.2 Å². The van der Waals surface area contributed by atoms with Crippen LogP contribution in [-0.4, -0.2) is 52.3 Å². The largest absolute Gasteiger partial charge is 0.496 e. The molecule has 0 atom stereocenters. The molecule has 2 N–H and O–H groups in total. The topological polar surface area (TPSA) is 120 Å². The molecule has 0 fully saturated rings. The van der Waals surface area contributed by atoms with Crippen LogP contribution in [0.3, 0.4) is 0 Å². The van der Waals surface area contributed by atoms with Gasteiger partial charge < -0.3 is 20.1 Å². The highest BCUT2D eigenvalue weighted by molar-refractivity contribution is 6.33. The van der Waals surface area contributed by atoms with Gasteiger partial charge in [0, 0.05) is 11.8 Å². The lowest BCUT2D eigenvalue weighted by molar-refractivity contribution is -0.115. The van der Waals surface area contributed by atoms with Crippen LogP contribution in [0.1, 0.15) is 17.3 Å². The van der Waals surface area contributed by atoms with E-state index in [1.165, 1.54) is 30.3 Å². The molecule has 11 heteroatoms. The molecular formula is C19H19ClN6O4. The second kappa shape index (κ2) is 9.70. The summed E-state index contributed by atoms with van der Waals surface area (Å²) in [5.74, 6) is 0.0639. The zero-order valence-corrected chi connectivity index (χ0v) is 17.0. The van der Waals surface area contributed by atoms with E-state index in [4.69, 9.17) is 21.1 Å². The predicted octanol–water partition coefficient (Wildman–Crippen LogP) is 2.09. The van der Waals surface area contributed by atoms with Crippen LogP contribution in [0, 0.1) is 0 Å². The minimum Gasteiger partial charge on any atom is -0.496 e. The van der Waals surface area contributed by atoms with Crippen molar-refractivity contribution < 1.29 is 19.1 Å². The fourth-order valence-electron chi connectivity index (χ4n) is 2.60. The normalized spacial score (nSPS) is 10.4. The van der Waals surface area contributed by atoms with E-state index in [-0.39, 0.29) is 28.8 Å². The average molecular weight is 431 g/mol. The molecule has 0 aliphatic heterocycles. The van der Waals surface area contributed by atoms with Gasteiger partial charge in [-0.25, -0.2) is 0 Å². The van der Waals surface area contributed by atoms with E-state index < -0.39 is 5.91 Å². The summed E-state index contributed by atoms with van der Waals surface area (Å²) in [6.07, 6.45) is 1.37. The number of nitrogens with one attached hydrogen (secondary N) is 2. The number of tetrazole rings is 1. The molecule has 0 aliphatic carbocycles. The van der Waals surface area contributed by atoms with Crippen molar-refractivity contribution in [3.05, 3.63) is 53.3 Å². The molecule has 0 aliphatic rings. The fourth-order valence-corrected chi connectivity index (χ4v) is 2.85. The van der Waals surface area contributed by atoms with Crippen LogP contribution in [0.15, 0.2) is 42.7 Å². The highest BCUT2D eigenvalue weighted by Crippen LogP contribution is 2.29. The number of hydrogen-bond donors (Lipinski definition) is 2. The number of hydrogen-bond acceptors (Lipinski definition) is 7. The van der Waals surface area contributed by atoms with Crippen LogP contribution in [-0.2, 0) is 4.79 Å². The molecule has 0 spiro atoms. The molecule has 0 saturated heterocycles. The lowest BCUT2D eigenvalue weighted by Crippen LogP contribution is -2.33. The summed E-state index contributed by atoms with van der Waals surface area (Å²) in [6, 6.07) is 9.88. The van der Waals surface area contributed by atoms with Crippen LogP contribution >= 0.6 is 11.6 Å². The molecule has 1 aromatic heterocycles. The Labute approximate surface area is 177 Å². The Morgan fingerprint density at radius 3 is 2.60 bits per heavy atom. The first kappa shape index (κ1) is 21.1. The van der Waals surface area contributed by atoms with Crippen LogP contribution in [0.25, 0.3) is 5.69 Å². The lowest BCUT2D eigenvalue weighted by atomic mass is 10.1. The maximum absolute atomic E-state index is 12.6. The quantitative estimate of drug-likeness (QED) is 0.561. The van der Waals surface area contributed by atoms with Crippen molar-refractivity contribution >= 4 is 29.1 Å². The standard InChI is InChI=1S/C19H19ClN6O4/c1-3-30-13-6-4-12(5-7-13)23-18(27)10-21-19(28)14-8-15(20)16(9-17(14)29-2)26-11-22-24-25-26/h4-9,11H,3,10H2,1-2H3,(H,21,28)(H,23,27). The first-order valence-corrected chi connectivity index (χ1v) is 9.31. The third-order valence-corrected chi connectivity index (χ3v) is 4.27. The van der Waals surface area contributed by atoms with E-state index in [0.717, 1.165) is 0 Å². The summed E-state index contributed by atoms with van der Waals surface area (Å²) < 4.78 is 12.0. The molecular weight excluding hydrogens is 412 g/mol. The summed E-state index contributed by atoms with van der Waals surface area (Å²) in [5, 5.41) is 16.4. The number of anilines is 1. The zero-order valence-electron chi connectivity index (χ0n) is 16.3. The molecule has 2 amide bonds. The summed E-state index contributed by atoms with van der Waals surface area (Å²) in [5.41, 5.74) is 1.21. The number of halogens is 1. The van der Waals surface area contributed by atoms with Crippen molar-refractivity contribution in [2.24, 2.45) is 0 Å². The van der Waals surface area contributed by atoms with Gasteiger partial charge in [0.2, 0.25) is 5.91 Å². The summed E-state index contributed by atoms with van der Waals surface area (Å²) >= 11 is 6.26. The molecule has 30 heavy (non-hydrogen) atoms. The van der Waals surface area contributed by atoms with Crippen molar-refractivity contribution in [3.63, 3.8) is 0 Å². The number of rotatable bonds is 8. The van der Waals surface area contributed by atoms with E-state index >= 15 is 0 Å². The van der Waals surface area contributed by atoms with Gasteiger partial charge in [0.25, 0.3) is 5.91 Å². The van der Waals surface area contributed by atoms with Crippen molar-refractivity contribution in [1.29, 1.82) is 0 Å². The molecule has 3 rings (SSSR count). The molecule has 156 valence electrons. The summed E-state index contributed by atoms with van der Waals surface area (Å²) in [4.78, 5) is 24.7. The molecule has 1 heterocycles. The Kier molecular flexibility index (Phi) is 6.81. The maximum atomic E-state index is 12.6. The van der Waals surface area contributed by atoms with Gasteiger partial charge in [-0.15, -0.1) is 5.10 Å². The van der Waals surface area contributed by atoms with E-state index in [9.17, 15) is 9.59 Å². The Hall–Kier alpha value is -3.66. The van der Waals surface area contributed by atoms with Crippen LogP contribution < -0.4 is 20.1 Å². The first-order valence-electron chi connectivity index (χ1n) is 8.93. The van der Waals surface area contributed by atoms with E-state index in [1.807, 2.05) is 6.92 Å². The van der Waals surface area contributed by atoms with Gasteiger partial charge in [-0.1, -0.05) is 11.6 Å². The minimum absolute atomic E-state index is 0.174. The second-order valence-electron chi connectivity index (χ2n) is 5.95. The van der Waals surface area contributed by atoms with Crippen LogP contribution in [0.2, 0.25) is 5.02 Å². The number of nitrogens with zero attached hydrogens (tertiary/aromatic N) is 4. The fraction of sp³-hybridized carbons (Fsp3) is 0.211. The summed E-state index contributed by atoms with van der Waals surface area (Å²) in [6.45, 7) is 2.21. The third-order valence-electron chi connectivity index (χ3n) is 3.97. The smallest absolute Gasteiger partial charge is 0.255 e. The Balaban J connectivity index is 1.64.